The molecule has 0 atom stereocenters. The van der Waals surface area contributed by atoms with Crippen LogP contribution in [0.2, 0.25) is 0 Å². The van der Waals surface area contributed by atoms with Gasteiger partial charge in [0.15, 0.2) is 0 Å². The number of rotatable bonds is 0. The Bertz CT molecular complexity index is 316. The molecule has 0 aromatic carbocycles. The van der Waals surface area contributed by atoms with Crippen LogP contribution in [-0.2, 0) is 0 Å². The fourth-order valence-corrected chi connectivity index (χ4v) is 2.56. The van der Waals surface area contributed by atoms with Crippen molar-refractivity contribution in [3.05, 3.63) is 28.6 Å². The molecule has 2 rings (SSSR count). The average Bonchev–Trinajstić information content (AvgIpc) is 2.40. The minimum absolute atomic E-state index is 0.0116. The number of carbonyl (C=O) groups is 1. The zero-order chi connectivity index (χ0) is 7.68. The summed E-state index contributed by atoms with van der Waals surface area (Å²) in [6.45, 7) is 0. The molecule has 1 aromatic rings. The Labute approximate surface area is 72.3 Å². The van der Waals surface area contributed by atoms with Gasteiger partial charge >= 0.3 is 0 Å². The molecule has 1 aliphatic heterocycles. The molecule has 0 saturated heterocycles. The van der Waals surface area contributed by atoms with Crippen molar-refractivity contribution in [2.75, 3.05) is 0 Å². The van der Waals surface area contributed by atoms with Gasteiger partial charge in [0.25, 0.3) is 5.91 Å². The lowest BCUT2D eigenvalue weighted by atomic mass is 10.3. The van der Waals surface area contributed by atoms with Crippen LogP contribution in [-0.4, -0.2) is 5.91 Å². The molecule has 0 aliphatic carbocycles. The molecule has 1 amide bonds. The maximum atomic E-state index is 11.2. The Morgan fingerprint density at radius 2 is 2.36 bits per heavy atom. The summed E-state index contributed by atoms with van der Waals surface area (Å²) in [7, 11) is 0. The molecule has 2 heterocycles. The summed E-state index contributed by atoms with van der Waals surface area (Å²) in [6, 6.07) is 1.84. The largest absolute Gasteiger partial charge is 0.328 e. The quantitative estimate of drug-likeness (QED) is 0.667. The molecular formula is C7H5NOS2. The van der Waals surface area contributed by atoms with Crippen molar-refractivity contribution in [3.8, 4) is 0 Å². The molecule has 0 radical (unpaired) electrons. The van der Waals surface area contributed by atoms with Gasteiger partial charge in [-0.25, -0.2) is 0 Å². The number of hydrogen-bond donors (Lipinski definition) is 1. The minimum atomic E-state index is -0.0116. The first-order valence-corrected chi connectivity index (χ1v) is 4.84. The summed E-state index contributed by atoms with van der Waals surface area (Å²) in [5.74, 6) is -0.0116. The van der Waals surface area contributed by atoms with Gasteiger partial charge in [0.2, 0.25) is 0 Å². The first kappa shape index (κ1) is 6.94. The Morgan fingerprint density at radius 3 is 3.27 bits per heavy atom. The number of hydrogen-bond acceptors (Lipinski definition) is 3. The van der Waals surface area contributed by atoms with Crippen LogP contribution in [0.3, 0.4) is 0 Å². The fourth-order valence-electron chi connectivity index (χ4n) is 0.838. The van der Waals surface area contributed by atoms with Gasteiger partial charge < -0.3 is 5.32 Å². The van der Waals surface area contributed by atoms with E-state index in [1.807, 2.05) is 16.9 Å². The third-order valence-corrected chi connectivity index (χ3v) is 3.32. The molecule has 0 saturated carbocycles. The summed E-state index contributed by atoms with van der Waals surface area (Å²) in [5.41, 5.74) is 0.782. The average molecular weight is 183 g/mol. The molecular weight excluding hydrogens is 178 g/mol. The predicted octanol–water partition coefficient (Wildman–Crippen LogP) is 2.05. The van der Waals surface area contributed by atoms with E-state index < -0.39 is 0 Å². The van der Waals surface area contributed by atoms with E-state index in [0.717, 1.165) is 9.77 Å². The maximum absolute atomic E-state index is 11.2. The minimum Gasteiger partial charge on any atom is -0.328 e. The van der Waals surface area contributed by atoms with Gasteiger partial charge in [-0.15, -0.1) is 11.3 Å². The molecule has 56 valence electrons. The van der Waals surface area contributed by atoms with Crippen LogP contribution in [0.1, 0.15) is 10.4 Å². The lowest BCUT2D eigenvalue weighted by molar-refractivity contribution is 0.0968. The molecule has 11 heavy (non-hydrogen) atoms. The normalized spacial score (nSPS) is 15.5. The molecule has 0 spiro atoms. The SMILES string of the molecule is O=C1NC=CSc2sccc21. The lowest BCUT2D eigenvalue weighted by Crippen LogP contribution is -2.15. The summed E-state index contributed by atoms with van der Waals surface area (Å²) >= 11 is 3.17. The second-order valence-corrected chi connectivity index (χ2v) is 4.11. The van der Waals surface area contributed by atoms with Crippen molar-refractivity contribution in [3.63, 3.8) is 0 Å². The zero-order valence-electron chi connectivity index (χ0n) is 5.53. The van der Waals surface area contributed by atoms with Crippen molar-refractivity contribution in [2.45, 2.75) is 4.21 Å². The molecule has 0 fully saturated rings. The van der Waals surface area contributed by atoms with Crippen LogP contribution in [0.15, 0.2) is 27.3 Å². The van der Waals surface area contributed by atoms with E-state index in [9.17, 15) is 4.79 Å². The van der Waals surface area contributed by atoms with Gasteiger partial charge in [0.05, 0.1) is 9.77 Å². The third-order valence-electron chi connectivity index (χ3n) is 1.33. The first-order chi connectivity index (χ1) is 5.38. The molecule has 4 heteroatoms. The van der Waals surface area contributed by atoms with Gasteiger partial charge in [-0.2, -0.15) is 0 Å². The summed E-state index contributed by atoms with van der Waals surface area (Å²) in [5, 5.41) is 6.46. The molecule has 1 aliphatic rings. The highest BCUT2D eigenvalue weighted by molar-refractivity contribution is 8.03. The Balaban J connectivity index is 2.49. The zero-order valence-corrected chi connectivity index (χ0v) is 7.17. The van der Waals surface area contributed by atoms with Crippen LogP contribution in [0, 0.1) is 0 Å². The molecule has 1 N–H and O–H groups in total. The van der Waals surface area contributed by atoms with Crippen molar-refractivity contribution < 1.29 is 4.79 Å². The van der Waals surface area contributed by atoms with Gasteiger partial charge in [0, 0.05) is 6.20 Å². The van der Waals surface area contributed by atoms with Crippen LogP contribution in [0.25, 0.3) is 0 Å². The second-order valence-electron chi connectivity index (χ2n) is 2.02. The maximum Gasteiger partial charge on any atom is 0.257 e. The van der Waals surface area contributed by atoms with Crippen LogP contribution in [0.4, 0.5) is 0 Å². The van der Waals surface area contributed by atoms with Gasteiger partial charge in [-0.05, 0) is 16.9 Å². The van der Waals surface area contributed by atoms with E-state index in [4.69, 9.17) is 0 Å². The lowest BCUT2D eigenvalue weighted by Gasteiger charge is -1.93. The standard InChI is InChI=1S/C7H5NOS2/c9-6-5-1-3-10-7(5)11-4-2-8-6/h1-4H,(H,8,9). The van der Waals surface area contributed by atoms with Gasteiger partial charge in [-0.1, -0.05) is 11.8 Å². The number of carbonyl (C=O) groups excluding carboxylic acids is 1. The number of thioether (sulfide) groups is 1. The third kappa shape index (κ3) is 1.19. The highest BCUT2D eigenvalue weighted by atomic mass is 32.2. The van der Waals surface area contributed by atoms with E-state index in [1.165, 1.54) is 0 Å². The number of nitrogens with one attached hydrogen (secondary N) is 1. The summed E-state index contributed by atoms with van der Waals surface area (Å²) < 4.78 is 1.07. The van der Waals surface area contributed by atoms with Crippen molar-refractivity contribution >= 4 is 29.0 Å². The highest BCUT2D eigenvalue weighted by Crippen LogP contribution is 2.30. The first-order valence-electron chi connectivity index (χ1n) is 3.08. The van der Waals surface area contributed by atoms with Crippen LogP contribution < -0.4 is 5.32 Å². The molecule has 2 nitrogen and oxygen atoms in total. The van der Waals surface area contributed by atoms with E-state index >= 15 is 0 Å². The van der Waals surface area contributed by atoms with E-state index in [0.29, 0.717) is 0 Å². The van der Waals surface area contributed by atoms with E-state index in [-0.39, 0.29) is 5.91 Å². The van der Waals surface area contributed by atoms with E-state index in [1.54, 1.807) is 29.3 Å². The summed E-state index contributed by atoms with van der Waals surface area (Å²) in [6.07, 6.45) is 1.67. The Kier molecular flexibility index (Phi) is 1.71. The predicted molar refractivity (Wildman–Crippen MR) is 46.8 cm³/mol. The van der Waals surface area contributed by atoms with Crippen molar-refractivity contribution in [2.24, 2.45) is 0 Å². The number of thiophene rings is 1. The monoisotopic (exact) mass is 183 g/mol. The highest BCUT2D eigenvalue weighted by Gasteiger charge is 2.12. The van der Waals surface area contributed by atoms with Crippen LogP contribution >= 0.6 is 23.1 Å². The number of fused-ring (bicyclic) bond motifs is 1. The van der Waals surface area contributed by atoms with Crippen molar-refractivity contribution in [1.29, 1.82) is 0 Å². The van der Waals surface area contributed by atoms with Crippen molar-refractivity contribution in [1.82, 2.24) is 5.32 Å². The van der Waals surface area contributed by atoms with Crippen LogP contribution in [0.5, 0.6) is 0 Å². The second kappa shape index (κ2) is 2.71. The smallest absolute Gasteiger partial charge is 0.257 e. The molecule has 1 aromatic heterocycles. The Morgan fingerprint density at radius 1 is 1.45 bits per heavy atom. The van der Waals surface area contributed by atoms with E-state index in [2.05, 4.69) is 5.32 Å². The number of amides is 1. The molecule has 0 bridgehead atoms. The van der Waals surface area contributed by atoms with Gasteiger partial charge in [-0.3, -0.25) is 4.79 Å². The topological polar surface area (TPSA) is 29.1 Å². The fraction of sp³-hybridized carbons (Fsp3) is 0. The van der Waals surface area contributed by atoms with Gasteiger partial charge in [0.1, 0.15) is 0 Å². The summed E-state index contributed by atoms with van der Waals surface area (Å²) in [4.78, 5) is 11.2. The molecule has 0 unspecified atom stereocenters. The Hall–Kier alpha value is -0.740.